The first-order chi connectivity index (χ1) is 15.7. The number of ether oxygens (including phenoxy) is 1. The van der Waals surface area contributed by atoms with E-state index in [1.807, 2.05) is 19.9 Å². The number of rotatable bonds is 6. The summed E-state index contributed by atoms with van der Waals surface area (Å²) >= 11 is 0. The van der Waals surface area contributed by atoms with Gasteiger partial charge >= 0.3 is 0 Å². The molecule has 2 aliphatic heterocycles. The second kappa shape index (κ2) is 9.52. The maximum atomic E-state index is 12.9. The Bertz CT molecular complexity index is 1170. The lowest BCUT2D eigenvalue weighted by atomic mass is 10.1. The van der Waals surface area contributed by atoms with Crippen molar-refractivity contribution in [1.29, 1.82) is 0 Å². The van der Waals surface area contributed by atoms with Crippen molar-refractivity contribution >= 4 is 33.2 Å². The van der Waals surface area contributed by atoms with Crippen LogP contribution in [-0.4, -0.2) is 58.0 Å². The molecule has 0 bridgehead atoms. The molecular formula is C24H29N3O5S. The first-order valence-corrected chi connectivity index (χ1v) is 12.6. The fourth-order valence-electron chi connectivity index (χ4n) is 4.14. The maximum Gasteiger partial charge on any atom is 0.261 e. The lowest BCUT2D eigenvalue weighted by molar-refractivity contribution is -0.136. The molecule has 1 fully saturated rings. The predicted octanol–water partition coefficient (Wildman–Crippen LogP) is 2.63. The van der Waals surface area contributed by atoms with Crippen molar-refractivity contribution in [2.45, 2.75) is 38.0 Å². The minimum Gasteiger partial charge on any atom is -0.378 e. The Balaban J connectivity index is 1.42. The molecule has 33 heavy (non-hydrogen) atoms. The molecule has 2 aromatic rings. The molecule has 0 aliphatic carbocycles. The van der Waals surface area contributed by atoms with Crippen LogP contribution < -0.4 is 9.62 Å². The van der Waals surface area contributed by atoms with Gasteiger partial charge in [0.05, 0.1) is 18.1 Å². The average Bonchev–Trinajstić information content (AvgIpc) is 3.23. The van der Waals surface area contributed by atoms with Gasteiger partial charge < -0.3 is 14.5 Å². The second-order valence-electron chi connectivity index (χ2n) is 8.48. The van der Waals surface area contributed by atoms with Crippen molar-refractivity contribution < 1.29 is 22.7 Å². The number of sulfonamides is 1. The van der Waals surface area contributed by atoms with Crippen LogP contribution in [0.4, 0.5) is 11.4 Å². The summed E-state index contributed by atoms with van der Waals surface area (Å²) in [4.78, 5) is 28.7. The number of benzene rings is 2. The Labute approximate surface area is 194 Å². The zero-order valence-corrected chi connectivity index (χ0v) is 19.8. The molecular weight excluding hydrogens is 442 g/mol. The minimum absolute atomic E-state index is 0.0371. The molecule has 2 amide bonds. The van der Waals surface area contributed by atoms with E-state index in [0.717, 1.165) is 16.7 Å². The molecule has 8 nitrogen and oxygen atoms in total. The lowest BCUT2D eigenvalue weighted by Gasteiger charge is -2.27. The quantitative estimate of drug-likeness (QED) is 0.699. The molecule has 9 heteroatoms. The van der Waals surface area contributed by atoms with Gasteiger partial charge in [-0.1, -0.05) is 6.07 Å². The van der Waals surface area contributed by atoms with Gasteiger partial charge in [-0.15, -0.1) is 0 Å². The summed E-state index contributed by atoms with van der Waals surface area (Å²) in [5, 5.41) is 0. The van der Waals surface area contributed by atoms with E-state index in [1.165, 1.54) is 6.07 Å². The van der Waals surface area contributed by atoms with Crippen LogP contribution in [0.2, 0.25) is 0 Å². The van der Waals surface area contributed by atoms with E-state index < -0.39 is 10.0 Å². The van der Waals surface area contributed by atoms with E-state index >= 15 is 0 Å². The van der Waals surface area contributed by atoms with Gasteiger partial charge in [0.2, 0.25) is 11.8 Å². The SMILES string of the molecule is Cc1ccc(NS(=O)(=O)c2ccc3c(c2)CCN3C(=O)CCC(=O)N2CCOCC2)cc1C. The van der Waals surface area contributed by atoms with Crippen molar-refractivity contribution in [1.82, 2.24) is 4.90 Å². The number of aryl methyl sites for hydroxylation is 2. The van der Waals surface area contributed by atoms with Gasteiger partial charge in [0.15, 0.2) is 0 Å². The highest BCUT2D eigenvalue weighted by Gasteiger charge is 2.27. The monoisotopic (exact) mass is 471 g/mol. The van der Waals surface area contributed by atoms with Crippen LogP contribution in [0, 0.1) is 13.8 Å². The van der Waals surface area contributed by atoms with Crippen molar-refractivity contribution in [2.75, 3.05) is 42.5 Å². The van der Waals surface area contributed by atoms with Crippen LogP contribution in [0.25, 0.3) is 0 Å². The van der Waals surface area contributed by atoms with Crippen LogP contribution >= 0.6 is 0 Å². The fraction of sp³-hybridized carbons (Fsp3) is 0.417. The Morgan fingerprint density at radius 1 is 0.939 bits per heavy atom. The third kappa shape index (κ3) is 5.20. The third-order valence-electron chi connectivity index (χ3n) is 6.23. The highest BCUT2D eigenvalue weighted by molar-refractivity contribution is 7.92. The normalized spacial score (nSPS) is 15.9. The highest BCUT2D eigenvalue weighted by atomic mass is 32.2. The molecule has 0 unspecified atom stereocenters. The number of hydrogen-bond donors (Lipinski definition) is 1. The number of morpholine rings is 1. The summed E-state index contributed by atoms with van der Waals surface area (Å²) in [5.41, 5.74) is 4.13. The van der Waals surface area contributed by atoms with Crippen molar-refractivity contribution in [3.8, 4) is 0 Å². The predicted molar refractivity (Wildman–Crippen MR) is 126 cm³/mol. The second-order valence-corrected chi connectivity index (χ2v) is 10.2. The zero-order chi connectivity index (χ0) is 23.6. The smallest absolute Gasteiger partial charge is 0.261 e. The van der Waals surface area contributed by atoms with Crippen LogP contribution in [-0.2, 0) is 30.8 Å². The number of fused-ring (bicyclic) bond motifs is 1. The van der Waals surface area contributed by atoms with E-state index in [2.05, 4.69) is 4.72 Å². The van der Waals surface area contributed by atoms with Gasteiger partial charge in [0.1, 0.15) is 0 Å². The van der Waals surface area contributed by atoms with E-state index in [9.17, 15) is 18.0 Å². The summed E-state index contributed by atoms with van der Waals surface area (Å²) in [7, 11) is -3.75. The molecule has 176 valence electrons. The topological polar surface area (TPSA) is 96.0 Å². The van der Waals surface area contributed by atoms with Crippen molar-refractivity contribution in [3.05, 3.63) is 53.1 Å². The number of nitrogens with zero attached hydrogens (tertiary/aromatic N) is 2. The van der Waals surface area contributed by atoms with Gasteiger partial charge in [-0.25, -0.2) is 8.42 Å². The zero-order valence-electron chi connectivity index (χ0n) is 19.0. The fourth-order valence-corrected chi connectivity index (χ4v) is 5.24. The van der Waals surface area contributed by atoms with Crippen molar-refractivity contribution in [2.24, 2.45) is 0 Å². The number of carbonyl (C=O) groups excluding carboxylic acids is 2. The Morgan fingerprint density at radius 3 is 2.39 bits per heavy atom. The molecule has 0 radical (unpaired) electrons. The molecule has 1 saturated heterocycles. The van der Waals surface area contributed by atoms with Crippen molar-refractivity contribution in [3.63, 3.8) is 0 Å². The molecule has 0 saturated carbocycles. The molecule has 2 aliphatic rings. The number of hydrogen-bond acceptors (Lipinski definition) is 5. The lowest BCUT2D eigenvalue weighted by Crippen LogP contribution is -2.41. The van der Waals surface area contributed by atoms with Gasteiger partial charge in [-0.3, -0.25) is 14.3 Å². The number of anilines is 2. The first-order valence-electron chi connectivity index (χ1n) is 11.1. The number of carbonyl (C=O) groups is 2. The van der Waals surface area contributed by atoms with E-state index in [-0.39, 0.29) is 29.6 Å². The van der Waals surface area contributed by atoms with Gasteiger partial charge in [-0.2, -0.15) is 0 Å². The summed E-state index contributed by atoms with van der Waals surface area (Å²) in [6, 6.07) is 10.3. The van der Waals surface area contributed by atoms with Gasteiger partial charge in [0.25, 0.3) is 10.0 Å². The Morgan fingerprint density at radius 2 is 1.67 bits per heavy atom. The van der Waals surface area contributed by atoms with Crippen LogP contribution in [0.3, 0.4) is 0 Å². The molecule has 2 aromatic carbocycles. The minimum atomic E-state index is -3.75. The summed E-state index contributed by atoms with van der Waals surface area (Å²) in [5.74, 6) is -0.163. The third-order valence-corrected chi connectivity index (χ3v) is 7.61. The van der Waals surface area contributed by atoms with Crippen LogP contribution in [0.5, 0.6) is 0 Å². The first kappa shape index (κ1) is 23.3. The molecule has 1 N–H and O–H groups in total. The average molecular weight is 472 g/mol. The van der Waals surface area contributed by atoms with E-state index in [1.54, 1.807) is 34.1 Å². The van der Waals surface area contributed by atoms with Crippen LogP contribution in [0.15, 0.2) is 41.3 Å². The molecule has 4 rings (SSSR count). The molecule has 0 aromatic heterocycles. The van der Waals surface area contributed by atoms with Gasteiger partial charge in [0, 0.05) is 43.9 Å². The maximum absolute atomic E-state index is 12.9. The highest BCUT2D eigenvalue weighted by Crippen LogP contribution is 2.31. The molecule has 0 spiro atoms. The van der Waals surface area contributed by atoms with E-state index in [4.69, 9.17) is 4.74 Å². The summed E-state index contributed by atoms with van der Waals surface area (Å²) in [6.45, 7) is 6.57. The largest absolute Gasteiger partial charge is 0.378 e. The number of nitrogens with one attached hydrogen (secondary N) is 1. The van der Waals surface area contributed by atoms with E-state index in [0.29, 0.717) is 50.6 Å². The molecule has 0 atom stereocenters. The van der Waals surface area contributed by atoms with Crippen LogP contribution in [0.1, 0.15) is 29.5 Å². The summed E-state index contributed by atoms with van der Waals surface area (Å²) in [6.07, 6.45) is 0.868. The number of amides is 2. The Kier molecular flexibility index (Phi) is 6.71. The Hall–Kier alpha value is -2.91. The van der Waals surface area contributed by atoms with Gasteiger partial charge in [-0.05, 0) is 67.3 Å². The standard InChI is InChI=1S/C24H29N3O5S/c1-17-3-4-20(15-18(17)2)25-33(30,31)21-5-6-22-19(16-21)9-10-27(22)24(29)8-7-23(28)26-11-13-32-14-12-26/h3-6,15-16,25H,7-14H2,1-2H3. The molecule has 2 heterocycles. The summed E-state index contributed by atoms with van der Waals surface area (Å²) < 4.78 is 33.7.